The Morgan fingerprint density at radius 1 is 0.688 bits per heavy atom. The maximum Gasteiger partial charge on any atom is 0.237 e. The molecule has 0 saturated carbocycles. The Labute approximate surface area is 181 Å². The third kappa shape index (κ3) is 2.23. The van der Waals surface area contributed by atoms with E-state index < -0.39 is 0 Å². The molecule has 0 aliphatic carbocycles. The average Bonchev–Trinajstić information content (AvgIpc) is 3.38. The van der Waals surface area contributed by atoms with E-state index in [4.69, 9.17) is 0 Å². The van der Waals surface area contributed by atoms with Crippen LogP contribution in [0.2, 0.25) is 0 Å². The number of nitrogens with one attached hydrogen (secondary N) is 1. The molecule has 7 rings (SSSR count). The van der Waals surface area contributed by atoms with E-state index in [2.05, 4.69) is 87.9 Å². The number of rotatable bonds is 1. The highest BCUT2D eigenvalue weighted by molar-refractivity contribution is 6.26. The predicted molar refractivity (Wildman–Crippen MR) is 126 cm³/mol. The lowest BCUT2D eigenvalue weighted by atomic mass is 10.1. The molecule has 8 nitrogen and oxygen atoms in total. The average molecular weight is 416 g/mol. The molecule has 3 aromatic carbocycles. The van der Waals surface area contributed by atoms with Crippen LogP contribution >= 0.6 is 0 Å². The van der Waals surface area contributed by atoms with E-state index in [1.165, 1.54) is 12.7 Å². The minimum Gasteiger partial charge on any atom is -0.317 e. The topological polar surface area (TPSA) is 85.3 Å². The second kappa shape index (κ2) is 6.45. The summed E-state index contributed by atoms with van der Waals surface area (Å²) in [7, 11) is 0. The lowest BCUT2D eigenvalue weighted by molar-refractivity contribution is 0.938. The molecule has 8 heteroatoms. The van der Waals surface area contributed by atoms with Gasteiger partial charge in [-0.3, -0.25) is 14.1 Å². The van der Waals surface area contributed by atoms with Gasteiger partial charge in [-0.15, -0.1) is 0 Å². The Kier molecular flexibility index (Phi) is 3.45. The fourth-order valence-electron chi connectivity index (χ4n) is 4.71. The molecule has 1 aliphatic heterocycles. The van der Waals surface area contributed by atoms with E-state index in [1.807, 2.05) is 12.1 Å². The largest absolute Gasteiger partial charge is 0.317 e. The molecule has 1 aliphatic rings. The Hall–Kier alpha value is -4.59. The van der Waals surface area contributed by atoms with Crippen molar-refractivity contribution >= 4 is 55.9 Å². The van der Waals surface area contributed by atoms with Crippen LogP contribution in [0.25, 0.3) is 49.6 Å². The van der Waals surface area contributed by atoms with Crippen molar-refractivity contribution in [1.29, 1.82) is 0 Å². The van der Waals surface area contributed by atoms with Gasteiger partial charge in [0.15, 0.2) is 0 Å². The van der Waals surface area contributed by atoms with Gasteiger partial charge in [-0.05, 0) is 12.1 Å². The molecular formula is C24H16N8. The van der Waals surface area contributed by atoms with E-state index in [-0.39, 0.29) is 0 Å². The van der Waals surface area contributed by atoms with Crippen LogP contribution in [-0.4, -0.2) is 43.1 Å². The fourth-order valence-corrected chi connectivity index (χ4v) is 4.71. The van der Waals surface area contributed by atoms with Crippen LogP contribution in [0, 0.1) is 0 Å². The predicted octanol–water partition coefficient (Wildman–Crippen LogP) is 3.87. The van der Waals surface area contributed by atoms with Gasteiger partial charge in [-0.2, -0.15) is 0 Å². The van der Waals surface area contributed by atoms with Crippen molar-refractivity contribution in [3.63, 3.8) is 0 Å². The summed E-state index contributed by atoms with van der Waals surface area (Å²) in [5.41, 5.74) is 4.18. The monoisotopic (exact) mass is 416 g/mol. The first-order valence-electron chi connectivity index (χ1n) is 10.3. The fraction of sp³-hybridized carbons (Fsp3) is 0.0417. The molecular weight excluding hydrogens is 400 g/mol. The standard InChI is InChI=1S/C24H16N8/c1-3-7-19-15(5-1)17-9-10-18-16-6-2-4-8-20(16)32(24-29-13-26-14-30-24)22(18)21(17)31(19)23-27-11-25-12-28-23/h1-13H,14H2,(H,26,29,30). The van der Waals surface area contributed by atoms with Crippen LogP contribution in [0.5, 0.6) is 0 Å². The number of para-hydroxylation sites is 2. The van der Waals surface area contributed by atoms with E-state index in [1.54, 1.807) is 6.34 Å². The third-order valence-electron chi connectivity index (χ3n) is 5.95. The molecule has 152 valence electrons. The summed E-state index contributed by atoms with van der Waals surface area (Å²) in [6.45, 7) is 0.392. The summed E-state index contributed by atoms with van der Waals surface area (Å²) in [5, 5.41) is 7.80. The van der Waals surface area contributed by atoms with Crippen LogP contribution in [0.15, 0.2) is 83.3 Å². The zero-order valence-electron chi connectivity index (χ0n) is 16.8. The molecule has 1 N–H and O–H groups in total. The molecule has 0 bridgehead atoms. The van der Waals surface area contributed by atoms with Gasteiger partial charge in [0.05, 0.1) is 28.4 Å². The molecule has 0 spiro atoms. The number of nitrogens with zero attached hydrogens (tertiary/aromatic N) is 7. The molecule has 0 atom stereocenters. The van der Waals surface area contributed by atoms with E-state index in [0.29, 0.717) is 12.6 Å². The van der Waals surface area contributed by atoms with Crippen molar-refractivity contribution in [3.05, 3.63) is 73.3 Å². The van der Waals surface area contributed by atoms with Crippen molar-refractivity contribution in [1.82, 2.24) is 29.4 Å². The molecule has 4 heterocycles. The summed E-state index contributed by atoms with van der Waals surface area (Å²) in [6.07, 6.45) is 4.76. The summed E-state index contributed by atoms with van der Waals surface area (Å²) < 4.78 is 4.29. The van der Waals surface area contributed by atoms with Crippen LogP contribution < -0.4 is 5.32 Å². The minimum atomic E-state index is 0.392. The Morgan fingerprint density at radius 3 is 1.97 bits per heavy atom. The zero-order valence-corrected chi connectivity index (χ0v) is 16.8. The summed E-state index contributed by atoms with van der Waals surface area (Å²) in [4.78, 5) is 21.8. The number of hydrogen-bond acceptors (Lipinski definition) is 6. The van der Waals surface area contributed by atoms with Crippen molar-refractivity contribution in [2.75, 3.05) is 6.67 Å². The van der Waals surface area contributed by atoms with Gasteiger partial charge in [-0.1, -0.05) is 48.5 Å². The summed E-state index contributed by atoms with van der Waals surface area (Å²) in [5.74, 6) is 1.32. The first-order chi connectivity index (χ1) is 15.9. The van der Waals surface area contributed by atoms with Gasteiger partial charge >= 0.3 is 0 Å². The SMILES string of the molecule is C1=NCN=C(n2c3ccccc3c3ccc4c5ccccc5n(-c5ncncn5)c4c32)N1. The van der Waals surface area contributed by atoms with E-state index in [9.17, 15) is 0 Å². The maximum atomic E-state index is 4.66. The Morgan fingerprint density at radius 2 is 1.31 bits per heavy atom. The summed E-state index contributed by atoms with van der Waals surface area (Å²) in [6, 6.07) is 21.1. The third-order valence-corrected chi connectivity index (χ3v) is 5.95. The molecule has 0 saturated heterocycles. The lowest BCUT2D eigenvalue weighted by Gasteiger charge is -2.14. The summed E-state index contributed by atoms with van der Waals surface area (Å²) >= 11 is 0. The number of fused-ring (bicyclic) bond motifs is 7. The van der Waals surface area contributed by atoms with Crippen molar-refractivity contribution < 1.29 is 0 Å². The van der Waals surface area contributed by atoms with Gasteiger partial charge in [0.2, 0.25) is 11.9 Å². The molecule has 0 radical (unpaired) electrons. The van der Waals surface area contributed by atoms with Crippen molar-refractivity contribution in [2.45, 2.75) is 0 Å². The van der Waals surface area contributed by atoms with Gasteiger partial charge in [-0.25, -0.2) is 19.9 Å². The van der Waals surface area contributed by atoms with Gasteiger partial charge in [0.1, 0.15) is 19.3 Å². The van der Waals surface area contributed by atoms with Crippen LogP contribution in [0.4, 0.5) is 0 Å². The van der Waals surface area contributed by atoms with Crippen LogP contribution in [0.3, 0.4) is 0 Å². The molecule has 0 unspecified atom stereocenters. The minimum absolute atomic E-state index is 0.392. The first kappa shape index (κ1) is 17.1. The van der Waals surface area contributed by atoms with Crippen molar-refractivity contribution in [3.8, 4) is 5.95 Å². The van der Waals surface area contributed by atoms with Gasteiger partial charge in [0.25, 0.3) is 0 Å². The molecule has 6 aromatic rings. The van der Waals surface area contributed by atoms with Gasteiger partial charge in [0, 0.05) is 21.5 Å². The highest BCUT2D eigenvalue weighted by atomic mass is 15.3. The van der Waals surface area contributed by atoms with Crippen molar-refractivity contribution in [2.24, 2.45) is 9.98 Å². The number of aromatic nitrogens is 5. The lowest BCUT2D eigenvalue weighted by Crippen LogP contribution is -2.31. The van der Waals surface area contributed by atoms with E-state index >= 15 is 0 Å². The number of aliphatic imine (C=N–C) groups is 2. The molecule has 0 amide bonds. The first-order valence-corrected chi connectivity index (χ1v) is 10.3. The number of hydrogen-bond donors (Lipinski definition) is 1. The quantitative estimate of drug-likeness (QED) is 0.441. The smallest absolute Gasteiger partial charge is 0.237 e. The molecule has 0 fully saturated rings. The number of benzene rings is 3. The van der Waals surface area contributed by atoms with Crippen LogP contribution in [-0.2, 0) is 0 Å². The molecule has 3 aromatic heterocycles. The normalized spacial score (nSPS) is 13.8. The van der Waals surface area contributed by atoms with E-state index in [0.717, 1.165) is 49.6 Å². The molecule has 32 heavy (non-hydrogen) atoms. The Balaban J connectivity index is 1.77. The zero-order chi connectivity index (χ0) is 21.1. The Bertz CT molecular complexity index is 1720. The second-order valence-corrected chi connectivity index (χ2v) is 7.58. The second-order valence-electron chi connectivity index (χ2n) is 7.58. The van der Waals surface area contributed by atoms with Gasteiger partial charge < -0.3 is 5.32 Å². The highest BCUT2D eigenvalue weighted by Gasteiger charge is 2.22. The van der Waals surface area contributed by atoms with Crippen LogP contribution in [0.1, 0.15) is 0 Å². The highest BCUT2D eigenvalue weighted by Crippen LogP contribution is 2.39. The maximum absolute atomic E-state index is 4.66.